The van der Waals surface area contributed by atoms with Crippen LogP contribution in [0.5, 0.6) is 5.75 Å². The van der Waals surface area contributed by atoms with Crippen molar-refractivity contribution < 1.29 is 24.2 Å². The fraction of sp³-hybridized carbons (Fsp3) is 0.375. The number of fused-ring (bicyclic) bond motifs is 1. The van der Waals surface area contributed by atoms with Crippen LogP contribution >= 0.6 is 11.3 Å². The lowest BCUT2D eigenvalue weighted by Gasteiger charge is -2.18. The average molecular weight is 457 g/mol. The molecule has 0 atom stereocenters. The Bertz CT molecular complexity index is 1080. The number of ether oxygens (including phenoxy) is 2. The first-order valence-corrected chi connectivity index (χ1v) is 11.3. The van der Waals surface area contributed by atoms with Gasteiger partial charge in [-0.3, -0.25) is 4.79 Å². The molecule has 0 unspecified atom stereocenters. The molecule has 3 rings (SSSR count). The Morgan fingerprint density at radius 2 is 2.00 bits per heavy atom. The summed E-state index contributed by atoms with van der Waals surface area (Å²) in [5, 5.41) is 13.3. The number of ketones is 1. The van der Waals surface area contributed by atoms with E-state index in [0.717, 1.165) is 44.4 Å². The average Bonchev–Trinajstić information content (AvgIpc) is 3.07. The smallest absolute Gasteiger partial charge is 0.341 e. The van der Waals surface area contributed by atoms with Crippen molar-refractivity contribution in [3.63, 3.8) is 0 Å². The molecule has 0 fully saturated rings. The van der Waals surface area contributed by atoms with Gasteiger partial charge in [-0.25, -0.2) is 9.78 Å². The molecule has 0 saturated heterocycles. The van der Waals surface area contributed by atoms with Crippen LogP contribution in [0.3, 0.4) is 0 Å². The third kappa shape index (κ3) is 5.44. The number of benzene rings is 1. The minimum absolute atomic E-state index is 0.278. The number of aliphatic carboxylic acids is 1. The van der Waals surface area contributed by atoms with E-state index in [0.29, 0.717) is 31.8 Å². The van der Waals surface area contributed by atoms with Crippen molar-refractivity contribution in [1.29, 1.82) is 0 Å². The molecule has 2 aromatic rings. The highest BCUT2D eigenvalue weighted by molar-refractivity contribution is 7.15. The van der Waals surface area contributed by atoms with E-state index in [-0.39, 0.29) is 5.57 Å². The predicted molar refractivity (Wildman–Crippen MR) is 125 cm³/mol. The highest BCUT2D eigenvalue weighted by atomic mass is 32.1. The maximum Gasteiger partial charge on any atom is 0.341 e. The summed E-state index contributed by atoms with van der Waals surface area (Å²) in [4.78, 5) is 29.6. The highest BCUT2D eigenvalue weighted by Crippen LogP contribution is 2.40. The van der Waals surface area contributed by atoms with Gasteiger partial charge in [0, 0.05) is 38.4 Å². The van der Waals surface area contributed by atoms with Gasteiger partial charge in [-0.1, -0.05) is 0 Å². The summed E-state index contributed by atoms with van der Waals surface area (Å²) in [6.07, 6.45) is 4.08. The summed E-state index contributed by atoms with van der Waals surface area (Å²) in [5.74, 6) is -1.02. The van der Waals surface area contributed by atoms with E-state index in [1.165, 1.54) is 12.3 Å². The molecule has 2 N–H and O–H groups in total. The van der Waals surface area contributed by atoms with Crippen LogP contribution in [0.2, 0.25) is 0 Å². The van der Waals surface area contributed by atoms with Crippen molar-refractivity contribution in [2.45, 2.75) is 33.6 Å². The van der Waals surface area contributed by atoms with E-state index >= 15 is 0 Å². The number of carboxylic acid groups (broad SMARTS) is 1. The van der Waals surface area contributed by atoms with E-state index in [1.54, 1.807) is 18.4 Å². The number of methoxy groups -OCH3 is 1. The summed E-state index contributed by atoms with van der Waals surface area (Å²) in [6, 6.07) is 4.06. The monoisotopic (exact) mass is 456 g/mol. The highest BCUT2D eigenvalue weighted by Gasteiger charge is 2.21. The second-order valence-corrected chi connectivity index (χ2v) is 8.81. The normalized spacial score (nSPS) is 17.4. The fourth-order valence-electron chi connectivity index (χ4n) is 3.63. The molecule has 2 heterocycles. The largest absolute Gasteiger partial charge is 0.493 e. The number of thiazole rings is 1. The second-order valence-electron chi connectivity index (χ2n) is 7.61. The maximum absolute atomic E-state index is 12.6. The van der Waals surface area contributed by atoms with Crippen LogP contribution in [-0.2, 0) is 20.7 Å². The quantitative estimate of drug-likeness (QED) is 0.481. The van der Waals surface area contributed by atoms with Gasteiger partial charge in [0.1, 0.15) is 11.3 Å². The zero-order valence-electron chi connectivity index (χ0n) is 18.8. The number of nitrogens with zero attached hydrogens (tertiary/aromatic N) is 1. The lowest BCUT2D eigenvalue weighted by molar-refractivity contribution is -0.134. The van der Waals surface area contributed by atoms with Crippen LogP contribution in [0.15, 0.2) is 30.0 Å². The number of carbonyl (C=O) groups is 2. The SMILES string of the molecule is COCCCOc1cc2c(cc1-c1sc(C)nc1C)/C(C)=C/C(=O)/C(C(=O)O)=C\NCC2. The minimum atomic E-state index is -1.25. The van der Waals surface area contributed by atoms with Crippen molar-refractivity contribution >= 4 is 28.7 Å². The molecular weight excluding hydrogens is 428 g/mol. The maximum atomic E-state index is 12.6. The lowest BCUT2D eigenvalue weighted by atomic mass is 9.93. The topological polar surface area (TPSA) is 97.8 Å². The Morgan fingerprint density at radius 1 is 1.22 bits per heavy atom. The van der Waals surface area contributed by atoms with Crippen LogP contribution in [0.25, 0.3) is 16.0 Å². The molecule has 0 aliphatic carbocycles. The number of rotatable bonds is 7. The standard InChI is InChI=1S/C24H28N2O5S/c1-14-10-21(27)20(24(28)29)13-25-7-6-17-11-22(31-9-5-8-30-4)19(12-18(14)17)23-15(2)26-16(3)32-23/h10-13,25H,5-9H2,1-4H3,(H,28,29)/b14-10+,20-13+. The Hall–Kier alpha value is -2.97. The van der Waals surface area contributed by atoms with Gasteiger partial charge >= 0.3 is 5.97 Å². The molecule has 7 nitrogen and oxygen atoms in total. The number of hydrogen-bond acceptors (Lipinski definition) is 7. The minimum Gasteiger partial charge on any atom is -0.493 e. The zero-order valence-corrected chi connectivity index (χ0v) is 19.6. The molecule has 1 aromatic carbocycles. The Kier molecular flexibility index (Phi) is 7.82. The van der Waals surface area contributed by atoms with E-state index < -0.39 is 11.8 Å². The van der Waals surface area contributed by atoms with Crippen molar-refractivity contribution in [2.24, 2.45) is 0 Å². The van der Waals surface area contributed by atoms with E-state index in [1.807, 2.05) is 32.9 Å². The van der Waals surface area contributed by atoms with Gasteiger partial charge in [0.25, 0.3) is 0 Å². The summed E-state index contributed by atoms with van der Waals surface area (Å²) in [7, 11) is 1.67. The van der Waals surface area contributed by atoms with Gasteiger partial charge in [0.2, 0.25) is 0 Å². The van der Waals surface area contributed by atoms with Gasteiger partial charge in [0.05, 0.1) is 22.2 Å². The number of allylic oxidation sites excluding steroid dienone is 2. The molecule has 1 aliphatic heterocycles. The molecule has 0 spiro atoms. The summed E-state index contributed by atoms with van der Waals surface area (Å²) >= 11 is 1.60. The summed E-state index contributed by atoms with van der Waals surface area (Å²) in [5.41, 5.74) is 4.20. The van der Waals surface area contributed by atoms with E-state index in [2.05, 4.69) is 10.3 Å². The van der Waals surface area contributed by atoms with Crippen LogP contribution < -0.4 is 10.1 Å². The number of carbonyl (C=O) groups excluding carboxylic acids is 1. The molecule has 0 radical (unpaired) electrons. The molecule has 0 saturated carbocycles. The number of carboxylic acids is 1. The van der Waals surface area contributed by atoms with Crippen molar-refractivity contribution in [1.82, 2.24) is 10.3 Å². The van der Waals surface area contributed by atoms with Gasteiger partial charge in [-0.15, -0.1) is 11.3 Å². The van der Waals surface area contributed by atoms with Crippen LogP contribution in [0.4, 0.5) is 0 Å². The van der Waals surface area contributed by atoms with Gasteiger partial charge in [-0.2, -0.15) is 0 Å². The first-order valence-electron chi connectivity index (χ1n) is 10.4. The van der Waals surface area contributed by atoms with Gasteiger partial charge < -0.3 is 19.9 Å². The van der Waals surface area contributed by atoms with Crippen molar-refractivity contribution in [3.05, 3.63) is 51.8 Å². The Balaban J connectivity index is 2.11. The third-order valence-corrected chi connectivity index (χ3v) is 6.26. The fourth-order valence-corrected chi connectivity index (χ4v) is 4.57. The Morgan fingerprint density at radius 3 is 2.66 bits per heavy atom. The lowest BCUT2D eigenvalue weighted by Crippen LogP contribution is -2.19. The van der Waals surface area contributed by atoms with Crippen molar-refractivity contribution in [2.75, 3.05) is 26.9 Å². The first-order chi connectivity index (χ1) is 15.3. The molecule has 1 aliphatic rings. The van der Waals surface area contributed by atoms with Gasteiger partial charge in [0.15, 0.2) is 5.78 Å². The molecule has 170 valence electrons. The molecule has 32 heavy (non-hydrogen) atoms. The van der Waals surface area contributed by atoms with E-state index in [4.69, 9.17) is 9.47 Å². The molecular formula is C24H28N2O5S. The van der Waals surface area contributed by atoms with Crippen LogP contribution in [0.1, 0.15) is 35.2 Å². The van der Waals surface area contributed by atoms with Crippen LogP contribution in [-0.4, -0.2) is 48.7 Å². The number of nitrogens with one attached hydrogen (secondary N) is 1. The zero-order chi connectivity index (χ0) is 23.3. The third-order valence-electron chi connectivity index (χ3n) is 5.16. The molecule has 0 amide bonds. The van der Waals surface area contributed by atoms with Crippen molar-refractivity contribution in [3.8, 4) is 16.2 Å². The summed E-state index contributed by atoms with van der Waals surface area (Å²) in [6.45, 7) is 7.40. The number of hydrogen-bond donors (Lipinski definition) is 2. The molecule has 0 bridgehead atoms. The van der Waals surface area contributed by atoms with E-state index in [9.17, 15) is 14.7 Å². The first kappa shape index (κ1) is 23.7. The molecule has 1 aromatic heterocycles. The summed E-state index contributed by atoms with van der Waals surface area (Å²) < 4.78 is 11.3. The predicted octanol–water partition coefficient (Wildman–Crippen LogP) is 3.93. The Labute approximate surface area is 191 Å². The molecule has 8 heteroatoms. The van der Waals surface area contributed by atoms with Crippen LogP contribution in [0, 0.1) is 13.8 Å². The number of aromatic nitrogens is 1. The number of aryl methyl sites for hydroxylation is 2. The second kappa shape index (κ2) is 10.6. The van der Waals surface area contributed by atoms with Gasteiger partial charge in [-0.05, 0) is 62.1 Å².